The lowest BCUT2D eigenvalue weighted by molar-refractivity contribution is -0.167. The Hall–Kier alpha value is -2.63. The average molecular weight is 1010 g/mol. The first kappa shape index (κ1) is 69.4. The van der Waals surface area contributed by atoms with Crippen LogP contribution >= 0.6 is 0 Å². The molecule has 0 aliphatic rings. The van der Waals surface area contributed by atoms with Gasteiger partial charge in [0.05, 0.1) is 0 Å². The normalized spacial score (nSPS) is 12.3. The molecule has 1 unspecified atom stereocenters. The van der Waals surface area contributed by atoms with Crippen molar-refractivity contribution in [2.24, 2.45) is 0 Å². The van der Waals surface area contributed by atoms with Gasteiger partial charge >= 0.3 is 17.9 Å². The van der Waals surface area contributed by atoms with Crippen LogP contribution < -0.4 is 0 Å². The molecule has 1 atom stereocenters. The Labute approximate surface area is 448 Å². The molecule has 0 bridgehead atoms. The van der Waals surface area contributed by atoms with E-state index in [4.69, 9.17) is 14.2 Å². The molecule has 0 saturated carbocycles. The Bertz CT molecular complexity index is 1250. The predicted molar refractivity (Wildman–Crippen MR) is 312 cm³/mol. The Morgan fingerprint density at radius 2 is 0.500 bits per heavy atom. The SMILES string of the molecule is CCCCCC/C=C\C/C=C\CCCCCCCC(=O)OC(COC(=O)CCCCCCCCCCCCCCC)COC(=O)CCCCCCCCCCCCCCC/C=C\C/C=C\CCCCCCC. The summed E-state index contributed by atoms with van der Waals surface area (Å²) >= 11 is 0. The second kappa shape index (κ2) is 60.9. The summed E-state index contributed by atoms with van der Waals surface area (Å²) in [5, 5.41) is 0. The van der Waals surface area contributed by atoms with Crippen molar-refractivity contribution in [1.82, 2.24) is 0 Å². The first-order chi connectivity index (χ1) is 35.5. The van der Waals surface area contributed by atoms with Crippen molar-refractivity contribution in [3.63, 3.8) is 0 Å². The summed E-state index contributed by atoms with van der Waals surface area (Å²) in [6.07, 6.45) is 75.4. The smallest absolute Gasteiger partial charge is 0.306 e. The van der Waals surface area contributed by atoms with E-state index in [1.54, 1.807) is 0 Å². The van der Waals surface area contributed by atoms with Gasteiger partial charge < -0.3 is 14.2 Å². The zero-order valence-corrected chi connectivity index (χ0v) is 48.2. The van der Waals surface area contributed by atoms with Crippen LogP contribution in [0.2, 0.25) is 0 Å². The highest BCUT2D eigenvalue weighted by Gasteiger charge is 2.19. The van der Waals surface area contributed by atoms with Crippen LogP contribution in [0.15, 0.2) is 48.6 Å². The molecule has 0 radical (unpaired) electrons. The summed E-state index contributed by atoms with van der Waals surface area (Å²) in [5.74, 6) is -0.871. The minimum Gasteiger partial charge on any atom is -0.462 e. The predicted octanol–water partition coefficient (Wildman–Crippen LogP) is 21.4. The van der Waals surface area contributed by atoms with Crippen molar-refractivity contribution in [2.45, 2.75) is 341 Å². The number of esters is 3. The number of unbranched alkanes of at least 4 members (excludes halogenated alkanes) is 39. The Kier molecular flexibility index (Phi) is 58.7. The second-order valence-electron chi connectivity index (χ2n) is 21.3. The summed E-state index contributed by atoms with van der Waals surface area (Å²) in [6, 6.07) is 0. The maximum absolute atomic E-state index is 12.9. The first-order valence-corrected chi connectivity index (χ1v) is 31.6. The van der Waals surface area contributed by atoms with E-state index in [0.29, 0.717) is 19.3 Å². The molecule has 0 rings (SSSR count). The van der Waals surface area contributed by atoms with E-state index in [2.05, 4.69) is 69.4 Å². The van der Waals surface area contributed by atoms with E-state index < -0.39 is 6.10 Å². The van der Waals surface area contributed by atoms with Gasteiger partial charge in [0.15, 0.2) is 6.10 Å². The molecule has 0 aromatic rings. The number of ether oxygens (including phenoxy) is 3. The van der Waals surface area contributed by atoms with Gasteiger partial charge in [0.2, 0.25) is 0 Å². The third kappa shape index (κ3) is 58.3. The molecular weight excluding hydrogens is 889 g/mol. The van der Waals surface area contributed by atoms with Crippen LogP contribution in [0.5, 0.6) is 0 Å². The minimum absolute atomic E-state index is 0.0752. The molecule has 0 heterocycles. The van der Waals surface area contributed by atoms with Crippen molar-refractivity contribution >= 4 is 17.9 Å². The average Bonchev–Trinajstić information content (AvgIpc) is 3.38. The van der Waals surface area contributed by atoms with Gasteiger partial charge in [-0.3, -0.25) is 14.4 Å². The van der Waals surface area contributed by atoms with Crippen LogP contribution in [-0.2, 0) is 28.6 Å². The summed E-state index contributed by atoms with van der Waals surface area (Å²) in [6.45, 7) is 6.64. The molecule has 0 aliphatic heterocycles. The van der Waals surface area contributed by atoms with Gasteiger partial charge in [-0.05, 0) is 83.5 Å². The van der Waals surface area contributed by atoms with Crippen LogP contribution in [0.4, 0.5) is 0 Å². The van der Waals surface area contributed by atoms with Crippen molar-refractivity contribution in [3.8, 4) is 0 Å². The van der Waals surface area contributed by atoms with Gasteiger partial charge in [-0.1, -0.05) is 281 Å². The van der Waals surface area contributed by atoms with Gasteiger partial charge in [0, 0.05) is 19.3 Å². The van der Waals surface area contributed by atoms with Crippen molar-refractivity contribution < 1.29 is 28.6 Å². The number of rotatable bonds is 58. The van der Waals surface area contributed by atoms with E-state index >= 15 is 0 Å². The van der Waals surface area contributed by atoms with E-state index in [1.165, 1.54) is 205 Å². The van der Waals surface area contributed by atoms with Gasteiger partial charge in [0.1, 0.15) is 13.2 Å². The minimum atomic E-state index is -0.778. The topological polar surface area (TPSA) is 78.9 Å². The van der Waals surface area contributed by atoms with E-state index in [9.17, 15) is 14.4 Å². The quantitative estimate of drug-likeness (QED) is 0.0261. The molecule has 0 spiro atoms. The van der Waals surface area contributed by atoms with Crippen LogP contribution in [0.1, 0.15) is 335 Å². The number of hydrogen-bond donors (Lipinski definition) is 0. The third-order valence-corrected chi connectivity index (χ3v) is 14.1. The lowest BCUT2D eigenvalue weighted by Crippen LogP contribution is -2.30. The Morgan fingerprint density at radius 3 is 0.778 bits per heavy atom. The molecule has 0 fully saturated rings. The van der Waals surface area contributed by atoms with Crippen LogP contribution in [0.25, 0.3) is 0 Å². The molecule has 72 heavy (non-hydrogen) atoms. The van der Waals surface area contributed by atoms with Gasteiger partial charge in [-0.15, -0.1) is 0 Å². The maximum atomic E-state index is 12.9. The zero-order chi connectivity index (χ0) is 52.2. The lowest BCUT2D eigenvalue weighted by atomic mass is 10.0. The van der Waals surface area contributed by atoms with E-state index in [0.717, 1.165) is 89.9 Å². The largest absolute Gasteiger partial charge is 0.462 e. The maximum Gasteiger partial charge on any atom is 0.306 e. The number of carbonyl (C=O) groups excluding carboxylic acids is 3. The fourth-order valence-corrected chi connectivity index (χ4v) is 9.27. The molecule has 6 heteroatoms. The second-order valence-corrected chi connectivity index (χ2v) is 21.3. The van der Waals surface area contributed by atoms with Gasteiger partial charge in [-0.2, -0.15) is 0 Å². The molecule has 6 nitrogen and oxygen atoms in total. The van der Waals surface area contributed by atoms with E-state index in [-0.39, 0.29) is 31.1 Å². The summed E-state index contributed by atoms with van der Waals surface area (Å²) in [7, 11) is 0. The number of carbonyl (C=O) groups is 3. The fourth-order valence-electron chi connectivity index (χ4n) is 9.27. The molecule has 0 amide bonds. The van der Waals surface area contributed by atoms with Crippen LogP contribution in [0, 0.1) is 0 Å². The molecular formula is C66H120O6. The Balaban J connectivity index is 4.27. The molecule has 420 valence electrons. The monoisotopic (exact) mass is 1010 g/mol. The molecule has 0 N–H and O–H groups in total. The molecule has 0 saturated heterocycles. The van der Waals surface area contributed by atoms with Gasteiger partial charge in [-0.25, -0.2) is 0 Å². The third-order valence-electron chi connectivity index (χ3n) is 14.1. The van der Waals surface area contributed by atoms with Crippen molar-refractivity contribution in [3.05, 3.63) is 48.6 Å². The van der Waals surface area contributed by atoms with Gasteiger partial charge in [0.25, 0.3) is 0 Å². The summed E-state index contributed by atoms with van der Waals surface area (Å²) in [5.41, 5.74) is 0. The summed E-state index contributed by atoms with van der Waals surface area (Å²) < 4.78 is 16.9. The highest BCUT2D eigenvalue weighted by atomic mass is 16.6. The highest BCUT2D eigenvalue weighted by molar-refractivity contribution is 5.71. The van der Waals surface area contributed by atoms with E-state index in [1.807, 2.05) is 0 Å². The number of hydrogen-bond acceptors (Lipinski definition) is 6. The molecule has 0 aromatic heterocycles. The lowest BCUT2D eigenvalue weighted by Gasteiger charge is -2.18. The zero-order valence-electron chi connectivity index (χ0n) is 48.2. The summed E-state index contributed by atoms with van der Waals surface area (Å²) in [4.78, 5) is 38.2. The molecule has 0 aromatic carbocycles. The first-order valence-electron chi connectivity index (χ1n) is 31.6. The molecule has 0 aliphatic carbocycles. The van der Waals surface area contributed by atoms with Crippen LogP contribution in [0.3, 0.4) is 0 Å². The van der Waals surface area contributed by atoms with Crippen molar-refractivity contribution in [1.29, 1.82) is 0 Å². The standard InChI is InChI=1S/C66H120O6/c1-4-7-10-13-16-19-22-25-27-29-30-31-32-33-34-35-36-37-39-41-44-47-50-53-56-59-65(68)71-62-63(61-70-64(67)58-55-52-49-46-43-40-24-21-18-15-12-9-6-3)72-66(69)60-57-54-51-48-45-42-38-28-26-23-20-17-14-11-8-5-2/h20,22-23,25,28-30,38,63H,4-19,21,24,26-27,31-37,39-62H2,1-3H3/b23-20-,25-22-,30-29-,38-28-. The highest BCUT2D eigenvalue weighted by Crippen LogP contribution is 2.17. The number of allylic oxidation sites excluding steroid dienone is 8. The van der Waals surface area contributed by atoms with Crippen molar-refractivity contribution in [2.75, 3.05) is 13.2 Å². The van der Waals surface area contributed by atoms with Crippen LogP contribution in [-0.4, -0.2) is 37.2 Å². The fraction of sp³-hybridized carbons (Fsp3) is 0.833. The Morgan fingerprint density at radius 1 is 0.278 bits per heavy atom.